The number of benzene rings is 1. The fourth-order valence-corrected chi connectivity index (χ4v) is 2.49. The highest BCUT2D eigenvalue weighted by molar-refractivity contribution is 7.09. The summed E-state index contributed by atoms with van der Waals surface area (Å²) in [5.41, 5.74) is 0.443. The molecular formula is C14H14N2O5S. The van der Waals surface area contributed by atoms with Crippen molar-refractivity contribution in [1.82, 2.24) is 4.98 Å². The smallest absolute Gasteiger partial charge is 0.355 e. The molecular weight excluding hydrogens is 308 g/mol. The first-order chi connectivity index (χ1) is 10.5. The van der Waals surface area contributed by atoms with E-state index in [0.717, 1.165) is 11.3 Å². The maximum absolute atomic E-state index is 12.0. The number of anilines is 1. The van der Waals surface area contributed by atoms with Gasteiger partial charge in [0.1, 0.15) is 16.5 Å². The van der Waals surface area contributed by atoms with Crippen LogP contribution in [-0.4, -0.2) is 36.2 Å². The average molecular weight is 322 g/mol. The number of thiazole rings is 1. The Hall–Kier alpha value is -2.61. The molecule has 116 valence electrons. The van der Waals surface area contributed by atoms with E-state index in [1.165, 1.54) is 19.6 Å². The summed E-state index contributed by atoms with van der Waals surface area (Å²) in [6.45, 7) is 0. The molecule has 0 aliphatic rings. The average Bonchev–Trinajstić information content (AvgIpc) is 2.96. The number of ether oxygens (including phenoxy) is 2. The van der Waals surface area contributed by atoms with Crippen LogP contribution in [-0.2, 0) is 11.2 Å². The van der Waals surface area contributed by atoms with E-state index >= 15 is 0 Å². The number of methoxy groups -OCH3 is 2. The molecule has 0 saturated carbocycles. The van der Waals surface area contributed by atoms with E-state index < -0.39 is 5.97 Å². The minimum Gasteiger partial charge on any atom is -0.497 e. The van der Waals surface area contributed by atoms with Crippen molar-refractivity contribution >= 4 is 28.9 Å². The summed E-state index contributed by atoms with van der Waals surface area (Å²) in [5.74, 6) is -0.339. The molecule has 0 radical (unpaired) electrons. The van der Waals surface area contributed by atoms with Gasteiger partial charge in [0.15, 0.2) is 5.69 Å². The predicted molar refractivity (Wildman–Crippen MR) is 81.0 cm³/mol. The molecule has 0 aliphatic carbocycles. The summed E-state index contributed by atoms with van der Waals surface area (Å²) in [4.78, 5) is 26.6. The number of aromatic carboxylic acids is 1. The molecule has 2 N–H and O–H groups in total. The number of carboxylic acids is 1. The van der Waals surface area contributed by atoms with E-state index in [1.807, 2.05) is 0 Å². The van der Waals surface area contributed by atoms with Crippen molar-refractivity contribution in [3.63, 3.8) is 0 Å². The second-order valence-electron chi connectivity index (χ2n) is 4.22. The summed E-state index contributed by atoms with van der Waals surface area (Å²) in [7, 11) is 3.03. The number of nitrogens with one attached hydrogen (secondary N) is 1. The lowest BCUT2D eigenvalue weighted by Gasteiger charge is -2.11. The largest absolute Gasteiger partial charge is 0.497 e. The predicted octanol–water partition coefficient (Wildman–Crippen LogP) is 2.04. The number of carbonyl (C=O) groups excluding carboxylic acids is 1. The van der Waals surface area contributed by atoms with Gasteiger partial charge < -0.3 is 19.9 Å². The number of nitrogens with zero attached hydrogens (tertiary/aromatic N) is 1. The molecule has 0 aliphatic heterocycles. The van der Waals surface area contributed by atoms with Crippen molar-refractivity contribution < 1.29 is 24.2 Å². The normalized spacial score (nSPS) is 10.1. The molecule has 0 unspecified atom stereocenters. The monoisotopic (exact) mass is 322 g/mol. The van der Waals surface area contributed by atoms with Gasteiger partial charge in [0.2, 0.25) is 5.91 Å². The second-order valence-corrected chi connectivity index (χ2v) is 5.17. The van der Waals surface area contributed by atoms with Gasteiger partial charge in [0, 0.05) is 11.4 Å². The summed E-state index contributed by atoms with van der Waals surface area (Å²) < 4.78 is 10.3. The van der Waals surface area contributed by atoms with Gasteiger partial charge in [0.05, 0.1) is 26.3 Å². The highest BCUT2D eigenvalue weighted by Crippen LogP contribution is 2.29. The standard InChI is InChI=1S/C14H14N2O5S/c1-20-8-3-4-9(11(5-8)21-2)15-12(17)6-13-16-10(7-22-13)14(18)19/h3-5,7H,6H2,1-2H3,(H,15,17)(H,18,19). The lowest BCUT2D eigenvalue weighted by Crippen LogP contribution is -2.15. The number of carbonyl (C=O) groups is 2. The van der Waals surface area contributed by atoms with Gasteiger partial charge in [-0.05, 0) is 12.1 Å². The number of hydrogen-bond acceptors (Lipinski definition) is 6. The van der Waals surface area contributed by atoms with Crippen LogP contribution in [0.5, 0.6) is 11.5 Å². The molecule has 0 saturated heterocycles. The molecule has 0 bridgehead atoms. The van der Waals surface area contributed by atoms with Gasteiger partial charge in [-0.2, -0.15) is 0 Å². The quantitative estimate of drug-likeness (QED) is 0.844. The molecule has 8 heteroatoms. The van der Waals surface area contributed by atoms with Gasteiger partial charge in [-0.3, -0.25) is 4.79 Å². The molecule has 2 rings (SSSR count). The van der Waals surface area contributed by atoms with E-state index in [0.29, 0.717) is 22.2 Å². The van der Waals surface area contributed by atoms with Crippen molar-refractivity contribution in [2.24, 2.45) is 0 Å². The molecule has 1 aromatic heterocycles. The van der Waals surface area contributed by atoms with E-state index in [4.69, 9.17) is 14.6 Å². The first-order valence-electron chi connectivity index (χ1n) is 6.23. The van der Waals surface area contributed by atoms with Crippen molar-refractivity contribution in [2.45, 2.75) is 6.42 Å². The van der Waals surface area contributed by atoms with Crippen LogP contribution in [0.15, 0.2) is 23.6 Å². The van der Waals surface area contributed by atoms with Crippen molar-refractivity contribution in [1.29, 1.82) is 0 Å². The molecule has 0 fully saturated rings. The zero-order chi connectivity index (χ0) is 16.1. The number of amides is 1. The Morgan fingerprint density at radius 1 is 1.32 bits per heavy atom. The van der Waals surface area contributed by atoms with E-state index in [-0.39, 0.29) is 18.0 Å². The number of rotatable bonds is 6. The fourth-order valence-electron chi connectivity index (χ4n) is 1.72. The molecule has 0 spiro atoms. The number of carboxylic acid groups (broad SMARTS) is 1. The topological polar surface area (TPSA) is 97.8 Å². The fraction of sp³-hybridized carbons (Fsp3) is 0.214. The Labute approximate surface area is 130 Å². The number of hydrogen-bond donors (Lipinski definition) is 2. The highest BCUT2D eigenvalue weighted by atomic mass is 32.1. The van der Waals surface area contributed by atoms with Crippen LogP contribution < -0.4 is 14.8 Å². The number of aromatic nitrogens is 1. The van der Waals surface area contributed by atoms with Gasteiger partial charge in [-0.25, -0.2) is 9.78 Å². The van der Waals surface area contributed by atoms with Gasteiger partial charge in [0.25, 0.3) is 0 Å². The molecule has 1 heterocycles. The summed E-state index contributed by atoms with van der Waals surface area (Å²) in [6, 6.07) is 5.02. The van der Waals surface area contributed by atoms with Crippen LogP contribution in [0.4, 0.5) is 5.69 Å². The molecule has 7 nitrogen and oxygen atoms in total. The third-order valence-corrected chi connectivity index (χ3v) is 3.61. The van der Waals surface area contributed by atoms with Crippen LogP contribution in [0.3, 0.4) is 0 Å². The van der Waals surface area contributed by atoms with E-state index in [1.54, 1.807) is 18.2 Å². The third-order valence-electron chi connectivity index (χ3n) is 2.77. The summed E-state index contributed by atoms with van der Waals surface area (Å²) in [6.07, 6.45) is -0.00682. The Kier molecular flexibility index (Phi) is 4.95. The Morgan fingerprint density at radius 2 is 2.09 bits per heavy atom. The van der Waals surface area contributed by atoms with Crippen LogP contribution in [0.2, 0.25) is 0 Å². The maximum Gasteiger partial charge on any atom is 0.355 e. The summed E-state index contributed by atoms with van der Waals surface area (Å²) >= 11 is 1.13. The Bertz CT molecular complexity index is 698. The van der Waals surface area contributed by atoms with E-state index in [2.05, 4.69) is 10.3 Å². The zero-order valence-corrected chi connectivity index (χ0v) is 12.8. The molecule has 0 atom stereocenters. The molecule has 2 aromatic rings. The third kappa shape index (κ3) is 3.73. The molecule has 1 amide bonds. The van der Waals surface area contributed by atoms with Gasteiger partial charge in [-0.15, -0.1) is 11.3 Å². The lowest BCUT2D eigenvalue weighted by atomic mass is 10.2. The minimum absolute atomic E-state index is 0.00682. The minimum atomic E-state index is -1.11. The highest BCUT2D eigenvalue weighted by Gasteiger charge is 2.13. The maximum atomic E-state index is 12.0. The first-order valence-corrected chi connectivity index (χ1v) is 7.11. The lowest BCUT2D eigenvalue weighted by molar-refractivity contribution is -0.115. The van der Waals surface area contributed by atoms with Crippen LogP contribution in [0, 0.1) is 0 Å². The Balaban J connectivity index is 2.06. The van der Waals surface area contributed by atoms with Crippen molar-refractivity contribution in [3.8, 4) is 11.5 Å². The second kappa shape index (κ2) is 6.90. The van der Waals surface area contributed by atoms with Crippen molar-refractivity contribution in [2.75, 3.05) is 19.5 Å². The van der Waals surface area contributed by atoms with Gasteiger partial charge >= 0.3 is 5.97 Å². The molecule has 22 heavy (non-hydrogen) atoms. The van der Waals surface area contributed by atoms with Crippen LogP contribution in [0.1, 0.15) is 15.5 Å². The zero-order valence-electron chi connectivity index (χ0n) is 12.0. The van der Waals surface area contributed by atoms with Gasteiger partial charge in [-0.1, -0.05) is 0 Å². The SMILES string of the molecule is COc1ccc(NC(=O)Cc2nc(C(=O)O)cs2)c(OC)c1. The van der Waals surface area contributed by atoms with Crippen LogP contribution in [0.25, 0.3) is 0 Å². The van der Waals surface area contributed by atoms with E-state index in [9.17, 15) is 9.59 Å². The first kappa shape index (κ1) is 15.8. The summed E-state index contributed by atoms with van der Waals surface area (Å²) in [5, 5.41) is 13.3. The van der Waals surface area contributed by atoms with Crippen molar-refractivity contribution in [3.05, 3.63) is 34.3 Å². The Morgan fingerprint density at radius 3 is 2.68 bits per heavy atom. The van der Waals surface area contributed by atoms with Crippen LogP contribution >= 0.6 is 11.3 Å². The molecule has 1 aromatic carbocycles.